The van der Waals surface area contributed by atoms with E-state index in [1.165, 1.54) is 11.8 Å². The van der Waals surface area contributed by atoms with Crippen molar-refractivity contribution in [2.75, 3.05) is 24.7 Å². The van der Waals surface area contributed by atoms with Gasteiger partial charge in [-0.05, 0) is 19.1 Å². The number of rotatable bonds is 7. The fraction of sp³-hybridized carbons (Fsp3) is 0.417. The molecule has 0 saturated carbocycles. The number of carbonyl (C=O) groups is 1. The third-order valence-corrected chi connectivity index (χ3v) is 2.89. The number of ketones is 1. The summed E-state index contributed by atoms with van der Waals surface area (Å²) in [5, 5.41) is 8.63. The molecule has 1 aromatic rings. The Morgan fingerprint density at radius 1 is 1.44 bits per heavy atom. The normalized spacial score (nSPS) is 10.1. The van der Waals surface area contributed by atoms with Crippen molar-refractivity contribution in [1.82, 2.24) is 0 Å². The molecule has 0 spiro atoms. The summed E-state index contributed by atoms with van der Waals surface area (Å²) < 4.78 is 5.38. The maximum absolute atomic E-state index is 11.8. The van der Waals surface area contributed by atoms with Crippen molar-refractivity contribution in [3.63, 3.8) is 0 Å². The van der Waals surface area contributed by atoms with Gasteiger partial charge in [0.25, 0.3) is 0 Å². The number of hydrogen-bond donors (Lipinski definition) is 1. The molecular weight excluding hydrogens is 224 g/mol. The lowest BCUT2D eigenvalue weighted by Gasteiger charge is -2.08. The summed E-state index contributed by atoms with van der Waals surface area (Å²) in [6.07, 6.45) is 0. The first kappa shape index (κ1) is 13.1. The van der Waals surface area contributed by atoms with Gasteiger partial charge in [-0.2, -0.15) is 11.8 Å². The van der Waals surface area contributed by atoms with E-state index in [2.05, 4.69) is 0 Å². The van der Waals surface area contributed by atoms with Gasteiger partial charge >= 0.3 is 0 Å². The molecule has 4 heteroatoms. The Labute approximate surface area is 99.8 Å². The number of aliphatic hydroxyl groups excluding tert-OH is 1. The molecule has 16 heavy (non-hydrogen) atoms. The van der Waals surface area contributed by atoms with Crippen molar-refractivity contribution in [2.45, 2.75) is 6.92 Å². The lowest BCUT2D eigenvalue weighted by molar-refractivity contribution is 0.101. The van der Waals surface area contributed by atoms with Gasteiger partial charge in [0.15, 0.2) is 5.78 Å². The molecule has 3 nitrogen and oxygen atoms in total. The molecule has 1 rings (SSSR count). The molecule has 0 heterocycles. The van der Waals surface area contributed by atoms with Gasteiger partial charge in [0.05, 0.1) is 24.5 Å². The van der Waals surface area contributed by atoms with Gasteiger partial charge in [0, 0.05) is 5.75 Å². The van der Waals surface area contributed by atoms with Crippen LogP contribution in [0.1, 0.15) is 17.3 Å². The van der Waals surface area contributed by atoms with E-state index in [0.29, 0.717) is 29.4 Å². The SMILES string of the molecule is CCOc1ccccc1C(=O)CSCCO. The van der Waals surface area contributed by atoms with Crippen LogP contribution in [0.5, 0.6) is 5.75 Å². The topological polar surface area (TPSA) is 46.5 Å². The Hall–Kier alpha value is -1.00. The molecule has 0 aliphatic heterocycles. The highest BCUT2D eigenvalue weighted by Gasteiger charge is 2.11. The first-order valence-electron chi connectivity index (χ1n) is 5.23. The lowest BCUT2D eigenvalue weighted by atomic mass is 10.1. The highest BCUT2D eigenvalue weighted by atomic mass is 32.2. The Morgan fingerprint density at radius 3 is 2.88 bits per heavy atom. The van der Waals surface area contributed by atoms with Gasteiger partial charge in [-0.1, -0.05) is 12.1 Å². The predicted octanol–water partition coefficient (Wildman–Crippen LogP) is 1.99. The standard InChI is InChI=1S/C12H16O3S/c1-2-15-12-6-4-3-5-10(12)11(14)9-16-8-7-13/h3-6,13H,2,7-9H2,1H3. The highest BCUT2D eigenvalue weighted by Crippen LogP contribution is 2.19. The van der Waals surface area contributed by atoms with Gasteiger partial charge in [-0.3, -0.25) is 4.79 Å². The number of hydrogen-bond acceptors (Lipinski definition) is 4. The molecule has 0 fully saturated rings. The van der Waals surface area contributed by atoms with Crippen LogP contribution in [0, 0.1) is 0 Å². The van der Waals surface area contributed by atoms with E-state index in [9.17, 15) is 4.79 Å². The highest BCUT2D eigenvalue weighted by molar-refractivity contribution is 8.00. The van der Waals surface area contributed by atoms with E-state index in [-0.39, 0.29) is 12.4 Å². The van der Waals surface area contributed by atoms with E-state index in [4.69, 9.17) is 9.84 Å². The van der Waals surface area contributed by atoms with Gasteiger partial charge < -0.3 is 9.84 Å². The number of Topliss-reactive ketones (excluding diaryl/α,β-unsaturated/α-hetero) is 1. The second kappa shape index (κ2) is 7.30. The third-order valence-electron chi connectivity index (χ3n) is 1.96. The number of carbonyl (C=O) groups excluding carboxylic acids is 1. The maximum atomic E-state index is 11.8. The van der Waals surface area contributed by atoms with Crippen molar-refractivity contribution in [3.05, 3.63) is 29.8 Å². The molecule has 0 saturated heterocycles. The van der Waals surface area contributed by atoms with Crippen molar-refractivity contribution in [1.29, 1.82) is 0 Å². The van der Waals surface area contributed by atoms with E-state index in [1.54, 1.807) is 12.1 Å². The van der Waals surface area contributed by atoms with E-state index in [1.807, 2.05) is 19.1 Å². The van der Waals surface area contributed by atoms with Gasteiger partial charge in [0.1, 0.15) is 5.75 Å². The van der Waals surface area contributed by atoms with Crippen LogP contribution >= 0.6 is 11.8 Å². The fourth-order valence-corrected chi connectivity index (χ4v) is 1.90. The van der Waals surface area contributed by atoms with Crippen LogP contribution in [-0.4, -0.2) is 35.6 Å². The zero-order valence-electron chi connectivity index (χ0n) is 9.31. The summed E-state index contributed by atoms with van der Waals surface area (Å²) in [6.45, 7) is 2.54. The summed E-state index contributed by atoms with van der Waals surface area (Å²) in [5.41, 5.74) is 0.620. The first-order valence-corrected chi connectivity index (χ1v) is 6.38. The average Bonchev–Trinajstić information content (AvgIpc) is 2.30. The predicted molar refractivity (Wildman–Crippen MR) is 66.4 cm³/mol. The molecular formula is C12H16O3S. The van der Waals surface area contributed by atoms with Crippen molar-refractivity contribution >= 4 is 17.5 Å². The smallest absolute Gasteiger partial charge is 0.176 e. The van der Waals surface area contributed by atoms with Gasteiger partial charge in [-0.25, -0.2) is 0 Å². The van der Waals surface area contributed by atoms with Crippen LogP contribution in [-0.2, 0) is 0 Å². The quantitative estimate of drug-likeness (QED) is 0.585. The van der Waals surface area contributed by atoms with Gasteiger partial charge in [0.2, 0.25) is 0 Å². The minimum atomic E-state index is 0.0440. The zero-order valence-corrected chi connectivity index (χ0v) is 10.1. The van der Waals surface area contributed by atoms with E-state index >= 15 is 0 Å². The molecule has 0 aliphatic rings. The Kier molecular flexibility index (Phi) is 5.96. The van der Waals surface area contributed by atoms with E-state index in [0.717, 1.165) is 0 Å². The zero-order chi connectivity index (χ0) is 11.8. The minimum Gasteiger partial charge on any atom is -0.493 e. The van der Waals surface area contributed by atoms with Crippen molar-refractivity contribution in [2.24, 2.45) is 0 Å². The second-order valence-electron chi connectivity index (χ2n) is 3.13. The minimum absolute atomic E-state index is 0.0440. The molecule has 88 valence electrons. The Morgan fingerprint density at radius 2 is 2.19 bits per heavy atom. The van der Waals surface area contributed by atoms with Crippen LogP contribution in [0.3, 0.4) is 0 Å². The largest absolute Gasteiger partial charge is 0.493 e. The summed E-state index contributed by atoms with van der Waals surface area (Å²) in [7, 11) is 0. The van der Waals surface area contributed by atoms with Crippen LogP contribution in [0.2, 0.25) is 0 Å². The second-order valence-corrected chi connectivity index (χ2v) is 4.23. The Balaban J connectivity index is 2.66. The van der Waals surface area contributed by atoms with Gasteiger partial charge in [-0.15, -0.1) is 0 Å². The molecule has 0 amide bonds. The third kappa shape index (κ3) is 3.87. The van der Waals surface area contributed by atoms with Crippen molar-refractivity contribution < 1.29 is 14.6 Å². The fourth-order valence-electron chi connectivity index (χ4n) is 1.29. The number of benzene rings is 1. The van der Waals surface area contributed by atoms with E-state index < -0.39 is 0 Å². The number of aliphatic hydroxyl groups is 1. The molecule has 0 radical (unpaired) electrons. The molecule has 0 bridgehead atoms. The van der Waals surface area contributed by atoms with Crippen molar-refractivity contribution in [3.8, 4) is 5.75 Å². The van der Waals surface area contributed by atoms with Crippen LogP contribution < -0.4 is 4.74 Å². The number of para-hydroxylation sites is 1. The number of ether oxygens (including phenoxy) is 1. The first-order chi connectivity index (χ1) is 7.79. The molecule has 0 aliphatic carbocycles. The molecule has 0 unspecified atom stereocenters. The summed E-state index contributed by atoms with van der Waals surface area (Å²) in [4.78, 5) is 11.8. The van der Waals surface area contributed by atoms with Crippen LogP contribution in [0.15, 0.2) is 24.3 Å². The number of thioether (sulfide) groups is 1. The molecule has 0 atom stereocenters. The summed E-state index contributed by atoms with van der Waals surface area (Å²) >= 11 is 1.43. The summed E-state index contributed by atoms with van der Waals surface area (Å²) in [6, 6.07) is 7.25. The van der Waals surface area contributed by atoms with Crippen LogP contribution in [0.25, 0.3) is 0 Å². The average molecular weight is 240 g/mol. The lowest BCUT2D eigenvalue weighted by Crippen LogP contribution is -2.07. The van der Waals surface area contributed by atoms with Crippen LogP contribution in [0.4, 0.5) is 0 Å². The monoisotopic (exact) mass is 240 g/mol. The molecule has 1 aromatic carbocycles. The maximum Gasteiger partial charge on any atom is 0.176 e. The molecule has 1 N–H and O–H groups in total. The molecule has 0 aromatic heterocycles. The Bertz CT molecular complexity index is 339. The summed E-state index contributed by atoms with van der Waals surface area (Å²) in [5.74, 6) is 1.65.